The Balaban J connectivity index is 1.87. The number of amides is 1. The third-order valence-corrected chi connectivity index (χ3v) is 4.06. The fourth-order valence-corrected chi connectivity index (χ4v) is 2.81. The number of hydrogen-bond donors (Lipinski definition) is 1. The van der Waals surface area contributed by atoms with Crippen LogP contribution in [0, 0.1) is 10.1 Å². The van der Waals surface area contributed by atoms with Crippen molar-refractivity contribution in [3.05, 3.63) is 76.1 Å². The highest BCUT2D eigenvalue weighted by molar-refractivity contribution is 5.95. The normalized spacial score (nSPS) is 11.9. The number of aromatic nitrogens is 1. The van der Waals surface area contributed by atoms with Crippen LogP contribution in [0.5, 0.6) is 5.75 Å². The topological polar surface area (TPSA) is 118 Å². The minimum Gasteiger partial charge on any atom is -0.488 e. The number of carbonyl (C=O) groups is 1. The summed E-state index contributed by atoms with van der Waals surface area (Å²) in [4.78, 5) is 26.3. The van der Waals surface area contributed by atoms with Gasteiger partial charge in [0.25, 0.3) is 11.6 Å². The van der Waals surface area contributed by atoms with Crippen LogP contribution in [0.2, 0.25) is 0 Å². The van der Waals surface area contributed by atoms with E-state index < -0.39 is 16.9 Å². The van der Waals surface area contributed by atoms with Gasteiger partial charge < -0.3 is 15.2 Å². The Bertz CT molecular complexity index is 1010. The first kappa shape index (κ1) is 18.3. The molecule has 0 aliphatic heterocycles. The quantitative estimate of drug-likeness (QED) is 0.507. The van der Waals surface area contributed by atoms with Crippen LogP contribution in [0.3, 0.4) is 0 Å². The largest absolute Gasteiger partial charge is 0.488 e. The lowest BCUT2D eigenvalue weighted by molar-refractivity contribution is -0.383. The van der Waals surface area contributed by atoms with Crippen molar-refractivity contribution in [1.29, 1.82) is 0 Å². The number of rotatable bonds is 7. The molecule has 0 fully saturated rings. The number of nitrogens with zero attached hydrogens (tertiary/aromatic N) is 2. The molecule has 0 aliphatic carbocycles. The van der Waals surface area contributed by atoms with E-state index in [1.165, 1.54) is 19.4 Å². The highest BCUT2D eigenvalue weighted by Gasteiger charge is 2.19. The maximum Gasteiger partial charge on any atom is 0.277 e. The number of benzene rings is 2. The summed E-state index contributed by atoms with van der Waals surface area (Å²) in [5, 5.41) is 12.3. The van der Waals surface area contributed by atoms with E-state index in [-0.39, 0.29) is 12.3 Å². The molecule has 0 radical (unpaired) electrons. The highest BCUT2D eigenvalue weighted by Crippen LogP contribution is 2.33. The van der Waals surface area contributed by atoms with Gasteiger partial charge >= 0.3 is 0 Å². The number of nitro groups is 1. The summed E-state index contributed by atoms with van der Waals surface area (Å²) in [5.41, 5.74) is 6.47. The van der Waals surface area contributed by atoms with Crippen LogP contribution in [0.15, 0.2) is 54.7 Å². The molecule has 0 aliphatic rings. The summed E-state index contributed by atoms with van der Waals surface area (Å²) in [5.74, 6) is -0.114. The van der Waals surface area contributed by atoms with Gasteiger partial charge in [0.15, 0.2) is 6.10 Å². The van der Waals surface area contributed by atoms with E-state index in [0.717, 1.165) is 5.56 Å². The standard InChI is InChI=1S/C19H17N3O5/c1-26-18(19(20)23)15-10-12(8-9-21-15)11-27-17-7-6-16(22(24)25)13-4-2-3-5-14(13)17/h2-10,18H,11H2,1H3,(H2,20,23). The van der Waals surface area contributed by atoms with E-state index in [1.807, 2.05) is 0 Å². The molecule has 8 heteroatoms. The average Bonchev–Trinajstić information content (AvgIpc) is 2.66. The lowest BCUT2D eigenvalue weighted by atomic mass is 10.1. The number of carbonyl (C=O) groups excluding carboxylic acids is 1. The smallest absolute Gasteiger partial charge is 0.277 e. The average molecular weight is 367 g/mol. The van der Waals surface area contributed by atoms with Crippen molar-refractivity contribution in [2.45, 2.75) is 12.7 Å². The van der Waals surface area contributed by atoms with Crippen molar-refractivity contribution in [2.24, 2.45) is 5.73 Å². The summed E-state index contributed by atoms with van der Waals surface area (Å²) in [6.45, 7) is 0.187. The van der Waals surface area contributed by atoms with Gasteiger partial charge in [-0.1, -0.05) is 18.2 Å². The Morgan fingerprint density at radius 3 is 2.63 bits per heavy atom. The molecule has 0 bridgehead atoms. The van der Waals surface area contributed by atoms with Crippen LogP contribution in [0.4, 0.5) is 5.69 Å². The molecule has 3 aromatic rings. The Hall–Kier alpha value is -3.52. The van der Waals surface area contributed by atoms with Gasteiger partial charge in [-0.2, -0.15) is 0 Å². The molecule has 2 aromatic carbocycles. The minimum atomic E-state index is -0.940. The number of hydrogen-bond acceptors (Lipinski definition) is 6. The molecule has 0 saturated heterocycles. The summed E-state index contributed by atoms with van der Waals surface area (Å²) in [6, 6.07) is 13.4. The predicted octanol–water partition coefficient (Wildman–Crippen LogP) is 2.89. The van der Waals surface area contributed by atoms with Gasteiger partial charge in [0, 0.05) is 24.8 Å². The second-order valence-corrected chi connectivity index (χ2v) is 5.78. The number of nitro benzene ring substituents is 1. The number of methoxy groups -OCH3 is 1. The molecule has 27 heavy (non-hydrogen) atoms. The van der Waals surface area contributed by atoms with E-state index in [0.29, 0.717) is 22.2 Å². The molecule has 2 N–H and O–H groups in total. The molecule has 0 spiro atoms. The van der Waals surface area contributed by atoms with Crippen LogP contribution in [0.1, 0.15) is 17.4 Å². The Morgan fingerprint density at radius 1 is 1.22 bits per heavy atom. The molecule has 8 nitrogen and oxygen atoms in total. The van der Waals surface area contributed by atoms with Gasteiger partial charge in [0.05, 0.1) is 16.0 Å². The number of nitrogens with two attached hydrogens (primary N) is 1. The van der Waals surface area contributed by atoms with Gasteiger partial charge in [0.2, 0.25) is 0 Å². The van der Waals surface area contributed by atoms with Crippen LogP contribution in [-0.4, -0.2) is 22.9 Å². The van der Waals surface area contributed by atoms with E-state index in [4.69, 9.17) is 15.2 Å². The van der Waals surface area contributed by atoms with E-state index in [2.05, 4.69) is 4.98 Å². The molecule has 0 saturated carbocycles. The number of primary amides is 1. The third kappa shape index (κ3) is 3.85. The monoisotopic (exact) mass is 367 g/mol. The molecule has 3 rings (SSSR count). The van der Waals surface area contributed by atoms with Crippen molar-refractivity contribution in [2.75, 3.05) is 7.11 Å². The second kappa shape index (κ2) is 7.79. The summed E-state index contributed by atoms with van der Waals surface area (Å²) in [6.07, 6.45) is 0.599. The molecule has 1 aromatic heterocycles. The molecular formula is C19H17N3O5. The van der Waals surface area contributed by atoms with Gasteiger partial charge in [-0.25, -0.2) is 0 Å². The molecule has 1 unspecified atom stereocenters. The van der Waals surface area contributed by atoms with Crippen molar-refractivity contribution >= 4 is 22.4 Å². The van der Waals surface area contributed by atoms with Crippen LogP contribution < -0.4 is 10.5 Å². The number of pyridine rings is 1. The fraction of sp³-hybridized carbons (Fsp3) is 0.158. The summed E-state index contributed by atoms with van der Waals surface area (Å²) < 4.78 is 10.9. The van der Waals surface area contributed by atoms with Gasteiger partial charge in [-0.05, 0) is 29.8 Å². The van der Waals surface area contributed by atoms with Crippen LogP contribution in [0.25, 0.3) is 10.8 Å². The lowest BCUT2D eigenvalue weighted by Gasteiger charge is -2.13. The summed E-state index contributed by atoms with van der Waals surface area (Å²) >= 11 is 0. The van der Waals surface area contributed by atoms with Crippen LogP contribution >= 0.6 is 0 Å². The fourth-order valence-electron chi connectivity index (χ4n) is 2.81. The Labute approximate surface area is 154 Å². The SMILES string of the molecule is COC(C(N)=O)c1cc(COc2ccc([N+](=O)[O-])c3ccccc23)ccn1. The summed E-state index contributed by atoms with van der Waals surface area (Å²) in [7, 11) is 1.38. The first-order chi connectivity index (χ1) is 13.0. The molecule has 1 atom stereocenters. The molecular weight excluding hydrogens is 350 g/mol. The maximum atomic E-state index is 11.4. The van der Waals surface area contributed by atoms with E-state index >= 15 is 0 Å². The van der Waals surface area contributed by atoms with Crippen LogP contribution in [-0.2, 0) is 16.1 Å². The first-order valence-electron chi connectivity index (χ1n) is 8.07. The van der Waals surface area contributed by atoms with Crippen molar-refractivity contribution in [3.63, 3.8) is 0 Å². The zero-order chi connectivity index (χ0) is 19.4. The maximum absolute atomic E-state index is 11.4. The minimum absolute atomic E-state index is 0.0218. The van der Waals surface area contributed by atoms with Crippen molar-refractivity contribution < 1.29 is 19.2 Å². The molecule has 138 valence electrons. The van der Waals surface area contributed by atoms with E-state index in [1.54, 1.807) is 42.5 Å². The number of ether oxygens (including phenoxy) is 2. The van der Waals surface area contributed by atoms with Gasteiger partial charge in [-0.15, -0.1) is 0 Å². The first-order valence-corrected chi connectivity index (χ1v) is 8.07. The Kier molecular flexibility index (Phi) is 5.28. The Morgan fingerprint density at radius 2 is 1.96 bits per heavy atom. The predicted molar refractivity (Wildman–Crippen MR) is 98.1 cm³/mol. The molecule has 1 heterocycles. The highest BCUT2D eigenvalue weighted by atomic mass is 16.6. The van der Waals surface area contributed by atoms with Crippen molar-refractivity contribution in [3.8, 4) is 5.75 Å². The molecule has 1 amide bonds. The van der Waals surface area contributed by atoms with E-state index in [9.17, 15) is 14.9 Å². The number of fused-ring (bicyclic) bond motifs is 1. The number of non-ortho nitro benzene ring substituents is 1. The lowest BCUT2D eigenvalue weighted by Crippen LogP contribution is -2.23. The third-order valence-electron chi connectivity index (χ3n) is 4.06. The van der Waals surface area contributed by atoms with Gasteiger partial charge in [-0.3, -0.25) is 19.9 Å². The van der Waals surface area contributed by atoms with Crippen molar-refractivity contribution in [1.82, 2.24) is 4.98 Å². The zero-order valence-electron chi connectivity index (χ0n) is 14.5. The second-order valence-electron chi connectivity index (χ2n) is 5.78. The van der Waals surface area contributed by atoms with Gasteiger partial charge in [0.1, 0.15) is 12.4 Å². The zero-order valence-corrected chi connectivity index (χ0v) is 14.5.